The molecule has 1 aromatic heterocycles. The Labute approximate surface area is 155 Å². The van der Waals surface area contributed by atoms with Gasteiger partial charge in [0.25, 0.3) is 0 Å². The normalized spacial score (nSPS) is 17.4. The van der Waals surface area contributed by atoms with Crippen molar-refractivity contribution in [1.29, 1.82) is 0 Å². The lowest BCUT2D eigenvalue weighted by Gasteiger charge is -2.21. The molecule has 0 spiro atoms. The van der Waals surface area contributed by atoms with Crippen molar-refractivity contribution in [2.24, 2.45) is 0 Å². The molecule has 25 heavy (non-hydrogen) atoms. The second-order valence-corrected chi connectivity index (χ2v) is 9.80. The number of ether oxygens (including phenoxy) is 1. The standard InChI is InChI=1S/C18H25N3O2S2/c1-18(2,3)16-20-17(24-21-16)19-14-6-4-5-13(11-14)12-25(22)15-7-9-23-10-8-15/h4-6,11,15H,7-10,12H2,1-3H3,(H,19,20,21). The van der Waals surface area contributed by atoms with Gasteiger partial charge in [-0.05, 0) is 30.5 Å². The highest BCUT2D eigenvalue weighted by Gasteiger charge is 2.21. The van der Waals surface area contributed by atoms with Crippen LogP contribution in [0.3, 0.4) is 0 Å². The summed E-state index contributed by atoms with van der Waals surface area (Å²) in [6.45, 7) is 7.76. The molecule has 1 atom stereocenters. The Morgan fingerprint density at radius 3 is 2.76 bits per heavy atom. The maximum absolute atomic E-state index is 12.6. The largest absolute Gasteiger partial charge is 0.381 e. The van der Waals surface area contributed by atoms with E-state index in [-0.39, 0.29) is 10.7 Å². The van der Waals surface area contributed by atoms with Crippen LogP contribution in [0, 0.1) is 0 Å². The fourth-order valence-electron chi connectivity index (χ4n) is 2.66. The van der Waals surface area contributed by atoms with Crippen molar-refractivity contribution in [2.75, 3.05) is 18.5 Å². The molecule has 0 saturated carbocycles. The van der Waals surface area contributed by atoms with Gasteiger partial charge in [-0.2, -0.15) is 4.37 Å². The van der Waals surface area contributed by atoms with E-state index in [0.717, 1.165) is 48.3 Å². The highest BCUT2D eigenvalue weighted by atomic mass is 32.2. The van der Waals surface area contributed by atoms with Crippen LogP contribution >= 0.6 is 11.5 Å². The molecular weight excluding hydrogens is 354 g/mol. The van der Waals surface area contributed by atoms with E-state index in [1.807, 2.05) is 18.2 Å². The fourth-order valence-corrected chi connectivity index (χ4v) is 4.90. The first kappa shape index (κ1) is 18.5. The molecular formula is C18H25N3O2S2. The van der Waals surface area contributed by atoms with E-state index in [2.05, 4.69) is 41.5 Å². The molecule has 3 rings (SSSR count). The summed E-state index contributed by atoms with van der Waals surface area (Å²) in [6.07, 6.45) is 1.79. The third kappa shape index (κ3) is 5.09. The van der Waals surface area contributed by atoms with Crippen LogP contribution in [-0.4, -0.2) is 32.0 Å². The third-order valence-corrected chi connectivity index (χ3v) is 6.59. The summed E-state index contributed by atoms with van der Waals surface area (Å²) >= 11 is 1.37. The lowest BCUT2D eigenvalue weighted by atomic mass is 9.96. The van der Waals surface area contributed by atoms with Gasteiger partial charge in [-0.3, -0.25) is 4.21 Å². The van der Waals surface area contributed by atoms with Crippen molar-refractivity contribution in [3.05, 3.63) is 35.7 Å². The minimum Gasteiger partial charge on any atom is -0.381 e. The molecule has 1 aliphatic rings. The van der Waals surface area contributed by atoms with Crippen molar-refractivity contribution in [2.45, 2.75) is 50.0 Å². The summed E-state index contributed by atoms with van der Waals surface area (Å²) in [5.74, 6) is 1.43. The molecule has 1 N–H and O–H groups in total. The van der Waals surface area contributed by atoms with Crippen LogP contribution in [0.25, 0.3) is 0 Å². The van der Waals surface area contributed by atoms with Crippen molar-refractivity contribution >= 4 is 33.2 Å². The van der Waals surface area contributed by atoms with Gasteiger partial charge in [0.2, 0.25) is 5.13 Å². The zero-order chi connectivity index (χ0) is 17.9. The number of nitrogens with one attached hydrogen (secondary N) is 1. The van der Waals surface area contributed by atoms with E-state index >= 15 is 0 Å². The molecule has 2 heterocycles. The summed E-state index contributed by atoms with van der Waals surface area (Å²) in [4.78, 5) is 4.56. The molecule has 0 amide bonds. The van der Waals surface area contributed by atoms with Crippen LogP contribution in [0.4, 0.5) is 10.8 Å². The second kappa shape index (κ2) is 7.93. The molecule has 1 unspecified atom stereocenters. The molecule has 2 aromatic rings. The lowest BCUT2D eigenvalue weighted by molar-refractivity contribution is 0.0992. The number of benzene rings is 1. The minimum atomic E-state index is -0.853. The first-order chi connectivity index (χ1) is 11.9. The van der Waals surface area contributed by atoms with Crippen molar-refractivity contribution in [3.8, 4) is 0 Å². The number of nitrogens with zero attached hydrogens (tertiary/aromatic N) is 2. The number of hydrogen-bond acceptors (Lipinski definition) is 6. The molecule has 5 nitrogen and oxygen atoms in total. The molecule has 0 aliphatic carbocycles. The molecule has 0 radical (unpaired) electrons. The van der Waals surface area contributed by atoms with Gasteiger partial charge < -0.3 is 10.1 Å². The minimum absolute atomic E-state index is 0.0567. The van der Waals surface area contributed by atoms with E-state index in [4.69, 9.17) is 4.74 Å². The quantitative estimate of drug-likeness (QED) is 0.850. The number of aromatic nitrogens is 2. The molecule has 1 aliphatic heterocycles. The van der Waals surface area contributed by atoms with Gasteiger partial charge in [0.05, 0.1) is 0 Å². The van der Waals surface area contributed by atoms with E-state index in [1.54, 1.807) is 0 Å². The number of rotatable bonds is 5. The van der Waals surface area contributed by atoms with Crippen LogP contribution in [0.2, 0.25) is 0 Å². The van der Waals surface area contributed by atoms with Crippen molar-refractivity contribution in [3.63, 3.8) is 0 Å². The van der Waals surface area contributed by atoms with E-state index in [0.29, 0.717) is 5.75 Å². The highest BCUT2D eigenvalue weighted by Crippen LogP contribution is 2.26. The number of hydrogen-bond donors (Lipinski definition) is 1. The molecule has 1 fully saturated rings. The molecule has 1 aromatic carbocycles. The van der Waals surface area contributed by atoms with E-state index in [1.165, 1.54) is 11.5 Å². The Morgan fingerprint density at radius 2 is 2.08 bits per heavy atom. The maximum Gasteiger partial charge on any atom is 0.207 e. The number of anilines is 2. The average molecular weight is 380 g/mol. The summed E-state index contributed by atoms with van der Waals surface area (Å²) in [5, 5.41) is 4.35. The van der Waals surface area contributed by atoms with Crippen LogP contribution in [0.1, 0.15) is 45.0 Å². The van der Waals surface area contributed by atoms with Crippen LogP contribution in [0.5, 0.6) is 0 Å². The average Bonchev–Trinajstić information content (AvgIpc) is 3.05. The Bertz CT molecular complexity index is 734. The zero-order valence-electron chi connectivity index (χ0n) is 14.9. The Balaban J connectivity index is 1.65. The summed E-state index contributed by atoms with van der Waals surface area (Å²) in [5.41, 5.74) is 1.98. The predicted octanol–water partition coefficient (Wildman–Crippen LogP) is 4.01. The van der Waals surface area contributed by atoms with E-state index in [9.17, 15) is 4.21 Å². The molecule has 7 heteroatoms. The third-order valence-electron chi connectivity index (χ3n) is 4.12. The lowest BCUT2D eigenvalue weighted by Crippen LogP contribution is -2.25. The molecule has 136 valence electrons. The Hall–Kier alpha value is -1.31. The van der Waals surface area contributed by atoms with Gasteiger partial charge in [0.1, 0.15) is 5.82 Å². The highest BCUT2D eigenvalue weighted by molar-refractivity contribution is 7.84. The summed E-state index contributed by atoms with van der Waals surface area (Å²) < 4.78 is 22.3. The van der Waals surface area contributed by atoms with Gasteiger partial charge in [-0.1, -0.05) is 32.9 Å². The zero-order valence-corrected chi connectivity index (χ0v) is 16.6. The summed E-state index contributed by atoms with van der Waals surface area (Å²) in [7, 11) is -0.853. The Morgan fingerprint density at radius 1 is 1.32 bits per heavy atom. The molecule has 1 saturated heterocycles. The monoisotopic (exact) mass is 379 g/mol. The van der Waals surface area contributed by atoms with Crippen LogP contribution in [0.15, 0.2) is 24.3 Å². The smallest absolute Gasteiger partial charge is 0.207 e. The SMILES string of the molecule is CC(C)(C)c1nsc(Nc2cccc(CS(=O)C3CCOCC3)c2)n1. The predicted molar refractivity (Wildman–Crippen MR) is 104 cm³/mol. The van der Waals surface area contributed by atoms with Gasteiger partial charge in [0.15, 0.2) is 0 Å². The van der Waals surface area contributed by atoms with Crippen molar-refractivity contribution in [1.82, 2.24) is 9.36 Å². The fraction of sp³-hybridized carbons (Fsp3) is 0.556. The summed E-state index contributed by atoms with van der Waals surface area (Å²) in [6, 6.07) is 8.07. The van der Waals surface area contributed by atoms with Crippen molar-refractivity contribution < 1.29 is 8.95 Å². The Kier molecular flexibility index (Phi) is 5.86. The topological polar surface area (TPSA) is 64.1 Å². The van der Waals surface area contributed by atoms with Gasteiger partial charge in [0, 0.05) is 57.7 Å². The first-order valence-corrected chi connectivity index (χ1v) is 10.7. The van der Waals surface area contributed by atoms with Crippen LogP contribution in [-0.2, 0) is 26.7 Å². The van der Waals surface area contributed by atoms with Gasteiger partial charge in [-0.25, -0.2) is 4.98 Å². The molecule has 0 bridgehead atoms. The van der Waals surface area contributed by atoms with Crippen LogP contribution < -0.4 is 5.32 Å². The van der Waals surface area contributed by atoms with Gasteiger partial charge in [-0.15, -0.1) is 0 Å². The maximum atomic E-state index is 12.6. The second-order valence-electron chi connectivity index (χ2n) is 7.34. The van der Waals surface area contributed by atoms with E-state index < -0.39 is 10.8 Å². The first-order valence-electron chi connectivity index (χ1n) is 8.57. The van der Waals surface area contributed by atoms with Gasteiger partial charge >= 0.3 is 0 Å².